The van der Waals surface area contributed by atoms with Gasteiger partial charge in [0.15, 0.2) is 17.3 Å². The number of ether oxygens (including phenoxy) is 4. The number of hydrogen-bond donors (Lipinski definition) is 0. The standard InChI is InChI=1S/C20H21ClO7/c1-24-13-7-10(8-14(25-2)19(13)26-3)15-11-5-6-28-18(11)17(22)12(9-21)16(15)20(23)27-4/h5-8,12,15-16H,9H2,1-4H3/t12-,15-,16-/m1/s1. The number of esters is 1. The molecule has 150 valence electrons. The molecule has 2 aromatic rings. The molecule has 1 aliphatic carbocycles. The molecule has 1 heterocycles. The molecule has 0 saturated carbocycles. The van der Waals surface area contributed by atoms with E-state index in [0.717, 1.165) is 0 Å². The van der Waals surface area contributed by atoms with Crippen LogP contribution in [-0.4, -0.2) is 46.1 Å². The van der Waals surface area contributed by atoms with Gasteiger partial charge in [0.25, 0.3) is 0 Å². The number of ketones is 1. The number of carbonyl (C=O) groups excluding carboxylic acids is 2. The first kappa shape index (κ1) is 20.1. The lowest BCUT2D eigenvalue weighted by Gasteiger charge is -2.34. The van der Waals surface area contributed by atoms with Gasteiger partial charge in [-0.3, -0.25) is 9.59 Å². The fourth-order valence-corrected chi connectivity index (χ4v) is 4.12. The minimum atomic E-state index is -0.817. The van der Waals surface area contributed by atoms with Crippen molar-refractivity contribution in [3.63, 3.8) is 0 Å². The van der Waals surface area contributed by atoms with E-state index in [1.807, 2.05) is 0 Å². The van der Waals surface area contributed by atoms with Crippen molar-refractivity contribution in [1.29, 1.82) is 0 Å². The van der Waals surface area contributed by atoms with Crippen LogP contribution in [0, 0.1) is 11.8 Å². The molecule has 1 aliphatic rings. The van der Waals surface area contributed by atoms with Crippen molar-refractivity contribution in [3.8, 4) is 17.2 Å². The first-order valence-electron chi connectivity index (χ1n) is 8.57. The maximum Gasteiger partial charge on any atom is 0.310 e. The lowest BCUT2D eigenvalue weighted by Crippen LogP contribution is -2.41. The normalized spacial score (nSPS) is 21.0. The molecule has 0 amide bonds. The summed E-state index contributed by atoms with van der Waals surface area (Å²) in [4.78, 5) is 25.5. The highest BCUT2D eigenvalue weighted by molar-refractivity contribution is 6.20. The summed E-state index contributed by atoms with van der Waals surface area (Å²) >= 11 is 6.08. The van der Waals surface area contributed by atoms with Gasteiger partial charge >= 0.3 is 5.97 Å². The van der Waals surface area contributed by atoms with E-state index in [1.165, 1.54) is 34.7 Å². The highest BCUT2D eigenvalue weighted by Gasteiger charge is 2.49. The highest BCUT2D eigenvalue weighted by Crippen LogP contribution is 2.48. The summed E-state index contributed by atoms with van der Waals surface area (Å²) in [7, 11) is 5.81. The predicted molar refractivity (Wildman–Crippen MR) is 101 cm³/mol. The first-order chi connectivity index (χ1) is 13.5. The van der Waals surface area contributed by atoms with Gasteiger partial charge in [0.2, 0.25) is 11.5 Å². The number of rotatable bonds is 6. The van der Waals surface area contributed by atoms with Gasteiger partial charge in [-0.1, -0.05) is 0 Å². The van der Waals surface area contributed by atoms with Gasteiger partial charge < -0.3 is 23.4 Å². The summed E-state index contributed by atoms with van der Waals surface area (Å²) in [6, 6.07) is 5.18. The van der Waals surface area contributed by atoms with Crippen LogP contribution in [0.25, 0.3) is 0 Å². The zero-order valence-corrected chi connectivity index (χ0v) is 16.7. The fourth-order valence-electron chi connectivity index (χ4n) is 3.79. The van der Waals surface area contributed by atoms with Crippen LogP contribution in [0.5, 0.6) is 17.2 Å². The third kappa shape index (κ3) is 3.09. The minimum Gasteiger partial charge on any atom is -0.493 e. The van der Waals surface area contributed by atoms with Crippen LogP contribution < -0.4 is 14.2 Å². The number of halogens is 1. The second-order valence-electron chi connectivity index (χ2n) is 6.32. The van der Waals surface area contributed by atoms with Gasteiger partial charge in [-0.25, -0.2) is 0 Å². The Kier molecular flexibility index (Phi) is 5.84. The van der Waals surface area contributed by atoms with Gasteiger partial charge in [0.1, 0.15) is 0 Å². The fraction of sp³-hybridized carbons (Fsp3) is 0.400. The van der Waals surface area contributed by atoms with Crippen molar-refractivity contribution in [3.05, 3.63) is 41.3 Å². The van der Waals surface area contributed by atoms with Crippen LogP contribution in [0.4, 0.5) is 0 Å². The number of fused-ring (bicyclic) bond motifs is 1. The van der Waals surface area contributed by atoms with E-state index < -0.39 is 23.7 Å². The molecule has 0 aliphatic heterocycles. The number of benzene rings is 1. The molecular weight excluding hydrogens is 388 g/mol. The molecule has 1 aromatic heterocycles. The molecule has 3 atom stereocenters. The van der Waals surface area contributed by atoms with Gasteiger partial charge in [-0.15, -0.1) is 11.6 Å². The van der Waals surface area contributed by atoms with Crippen molar-refractivity contribution in [2.45, 2.75) is 5.92 Å². The number of hydrogen-bond acceptors (Lipinski definition) is 7. The molecule has 0 N–H and O–H groups in total. The maximum absolute atomic E-state index is 12.8. The lowest BCUT2D eigenvalue weighted by atomic mass is 9.68. The monoisotopic (exact) mass is 408 g/mol. The minimum absolute atomic E-state index is 0.0420. The van der Waals surface area contributed by atoms with E-state index in [9.17, 15) is 9.59 Å². The third-order valence-electron chi connectivity index (χ3n) is 5.07. The number of alkyl halides is 1. The zero-order chi connectivity index (χ0) is 20.4. The molecule has 0 saturated heterocycles. The summed E-state index contributed by atoms with van der Waals surface area (Å²) < 4.78 is 26.7. The molecule has 0 radical (unpaired) electrons. The van der Waals surface area contributed by atoms with Crippen molar-refractivity contribution in [1.82, 2.24) is 0 Å². The topological polar surface area (TPSA) is 84.2 Å². The second kappa shape index (κ2) is 8.14. The lowest BCUT2D eigenvalue weighted by molar-refractivity contribution is -0.147. The zero-order valence-electron chi connectivity index (χ0n) is 16.0. The van der Waals surface area contributed by atoms with Crippen LogP contribution in [-0.2, 0) is 9.53 Å². The predicted octanol–water partition coefficient (Wildman–Crippen LogP) is 3.28. The molecule has 7 nitrogen and oxygen atoms in total. The Labute approximate surface area is 167 Å². The first-order valence-corrected chi connectivity index (χ1v) is 9.11. The molecule has 28 heavy (non-hydrogen) atoms. The van der Waals surface area contributed by atoms with E-state index in [1.54, 1.807) is 18.2 Å². The van der Waals surface area contributed by atoms with Crippen molar-refractivity contribution < 1.29 is 33.0 Å². The Morgan fingerprint density at radius 2 is 1.75 bits per heavy atom. The summed E-state index contributed by atoms with van der Waals surface area (Å²) in [5, 5.41) is 0. The Hall–Kier alpha value is -2.67. The SMILES string of the molecule is COC(=O)[C@H]1[C@H](c2cc(OC)c(OC)c(OC)c2)c2ccoc2C(=O)[C@@H]1CCl. The number of carbonyl (C=O) groups is 2. The summed E-state index contributed by atoms with van der Waals surface area (Å²) in [6.07, 6.45) is 1.43. The maximum atomic E-state index is 12.8. The highest BCUT2D eigenvalue weighted by atomic mass is 35.5. The molecule has 0 bridgehead atoms. The van der Waals surface area contributed by atoms with E-state index in [2.05, 4.69) is 0 Å². The Morgan fingerprint density at radius 1 is 1.11 bits per heavy atom. The van der Waals surface area contributed by atoms with Gasteiger partial charge in [-0.05, 0) is 23.8 Å². The quantitative estimate of drug-likeness (QED) is 0.535. The summed E-state index contributed by atoms with van der Waals surface area (Å²) in [5.41, 5.74) is 1.28. The summed E-state index contributed by atoms with van der Waals surface area (Å²) in [5.74, 6) is -1.51. The average Bonchev–Trinajstić information content (AvgIpc) is 3.21. The smallest absolute Gasteiger partial charge is 0.310 e. The van der Waals surface area contributed by atoms with Crippen molar-refractivity contribution >= 4 is 23.4 Å². The van der Waals surface area contributed by atoms with Crippen molar-refractivity contribution in [2.75, 3.05) is 34.3 Å². The molecule has 8 heteroatoms. The largest absolute Gasteiger partial charge is 0.493 e. The van der Waals surface area contributed by atoms with Crippen LogP contribution in [0.1, 0.15) is 27.6 Å². The van der Waals surface area contributed by atoms with E-state index in [-0.39, 0.29) is 17.4 Å². The Balaban J connectivity index is 2.26. The molecule has 0 spiro atoms. The van der Waals surface area contributed by atoms with E-state index >= 15 is 0 Å². The van der Waals surface area contributed by atoms with Crippen LogP contribution in [0.3, 0.4) is 0 Å². The summed E-state index contributed by atoms with van der Waals surface area (Å²) in [6.45, 7) is 0. The van der Waals surface area contributed by atoms with E-state index in [4.69, 9.17) is 35.0 Å². The molecule has 0 fully saturated rings. The number of furan rings is 1. The Bertz CT molecular complexity index is 863. The number of Topliss-reactive ketones (excluding diaryl/α,β-unsaturated/α-hetero) is 1. The average molecular weight is 409 g/mol. The molecular formula is C20H21ClO7. The van der Waals surface area contributed by atoms with E-state index in [0.29, 0.717) is 28.4 Å². The molecule has 1 aromatic carbocycles. The molecule has 3 rings (SSSR count). The second-order valence-corrected chi connectivity index (χ2v) is 6.62. The van der Waals surface area contributed by atoms with Crippen LogP contribution in [0.2, 0.25) is 0 Å². The van der Waals surface area contributed by atoms with Crippen LogP contribution in [0.15, 0.2) is 28.9 Å². The van der Waals surface area contributed by atoms with Gasteiger partial charge in [-0.2, -0.15) is 0 Å². The van der Waals surface area contributed by atoms with Crippen LogP contribution >= 0.6 is 11.6 Å². The third-order valence-corrected chi connectivity index (χ3v) is 5.40. The number of methoxy groups -OCH3 is 4. The van der Waals surface area contributed by atoms with Crippen molar-refractivity contribution in [2.24, 2.45) is 11.8 Å². The Morgan fingerprint density at radius 3 is 2.25 bits per heavy atom. The van der Waals surface area contributed by atoms with Gasteiger partial charge in [0, 0.05) is 17.4 Å². The molecule has 0 unspecified atom stereocenters. The van der Waals surface area contributed by atoms with Gasteiger partial charge in [0.05, 0.1) is 46.5 Å².